The Labute approximate surface area is 143 Å². The molecule has 3 heterocycles. The fraction of sp³-hybridized carbons (Fsp3) is 0.312. The first-order valence-electron chi connectivity index (χ1n) is 7.73. The van der Waals surface area contributed by atoms with E-state index in [4.69, 9.17) is 4.74 Å². The van der Waals surface area contributed by atoms with E-state index in [2.05, 4.69) is 20.5 Å². The Bertz CT molecular complexity index is 972. The Kier molecular flexibility index (Phi) is 4.22. The van der Waals surface area contributed by atoms with Gasteiger partial charge >= 0.3 is 5.97 Å². The van der Waals surface area contributed by atoms with Gasteiger partial charge < -0.3 is 10.1 Å². The fourth-order valence-corrected chi connectivity index (χ4v) is 2.54. The SMILES string of the molecule is CCn1cc(NC(=O)c2cnn3c(C)cc(C)nc23)c(C(=O)OC)n1. The molecule has 0 fully saturated rings. The summed E-state index contributed by atoms with van der Waals surface area (Å²) in [7, 11) is 1.26. The second kappa shape index (κ2) is 6.34. The molecule has 0 bridgehead atoms. The number of rotatable bonds is 4. The van der Waals surface area contributed by atoms with E-state index in [0.717, 1.165) is 11.4 Å². The molecular formula is C16H18N6O3. The number of anilines is 1. The maximum absolute atomic E-state index is 12.7. The van der Waals surface area contributed by atoms with Crippen LogP contribution in [0.2, 0.25) is 0 Å². The number of methoxy groups -OCH3 is 1. The van der Waals surface area contributed by atoms with E-state index in [-0.39, 0.29) is 11.4 Å². The van der Waals surface area contributed by atoms with Gasteiger partial charge in [0.05, 0.1) is 19.0 Å². The molecule has 0 radical (unpaired) electrons. The van der Waals surface area contributed by atoms with E-state index in [1.165, 1.54) is 13.3 Å². The van der Waals surface area contributed by atoms with E-state index in [9.17, 15) is 9.59 Å². The average molecular weight is 342 g/mol. The highest BCUT2D eigenvalue weighted by atomic mass is 16.5. The zero-order chi connectivity index (χ0) is 18.1. The van der Waals surface area contributed by atoms with Gasteiger partial charge in [-0.3, -0.25) is 9.48 Å². The molecule has 0 unspecified atom stereocenters. The Morgan fingerprint density at radius 2 is 2.08 bits per heavy atom. The van der Waals surface area contributed by atoms with Gasteiger partial charge in [0.1, 0.15) is 5.56 Å². The molecule has 3 aromatic rings. The zero-order valence-electron chi connectivity index (χ0n) is 14.4. The topological polar surface area (TPSA) is 103 Å². The van der Waals surface area contributed by atoms with Crippen molar-refractivity contribution in [3.8, 4) is 0 Å². The minimum atomic E-state index is -0.618. The molecule has 0 spiro atoms. The number of esters is 1. The first-order valence-corrected chi connectivity index (χ1v) is 7.73. The van der Waals surface area contributed by atoms with Crippen LogP contribution in [-0.4, -0.2) is 43.4 Å². The number of nitrogens with zero attached hydrogens (tertiary/aromatic N) is 5. The van der Waals surface area contributed by atoms with Crippen molar-refractivity contribution in [1.82, 2.24) is 24.4 Å². The molecule has 0 aromatic carbocycles. The van der Waals surface area contributed by atoms with Gasteiger partial charge in [0.2, 0.25) is 0 Å². The zero-order valence-corrected chi connectivity index (χ0v) is 14.4. The summed E-state index contributed by atoms with van der Waals surface area (Å²) in [5.74, 6) is -1.04. The number of hydrogen-bond donors (Lipinski definition) is 1. The van der Waals surface area contributed by atoms with E-state index in [1.54, 1.807) is 15.4 Å². The van der Waals surface area contributed by atoms with Crippen LogP contribution in [-0.2, 0) is 11.3 Å². The number of nitrogens with one attached hydrogen (secondary N) is 1. The van der Waals surface area contributed by atoms with Crippen LogP contribution >= 0.6 is 0 Å². The summed E-state index contributed by atoms with van der Waals surface area (Å²) in [4.78, 5) is 28.9. The Balaban J connectivity index is 1.98. The van der Waals surface area contributed by atoms with Crippen molar-refractivity contribution in [2.24, 2.45) is 0 Å². The Morgan fingerprint density at radius 3 is 2.76 bits per heavy atom. The number of amides is 1. The van der Waals surface area contributed by atoms with Crippen LogP contribution in [0, 0.1) is 13.8 Å². The quantitative estimate of drug-likeness (QED) is 0.722. The standard InChI is InChI=1S/C16H18N6O3/c1-5-21-8-12(13(20-21)16(24)25-4)19-15(23)11-7-17-22-10(3)6-9(2)18-14(11)22/h6-8H,5H2,1-4H3,(H,19,23). The largest absolute Gasteiger partial charge is 0.464 e. The van der Waals surface area contributed by atoms with Gasteiger partial charge in [0.15, 0.2) is 11.3 Å². The molecule has 0 atom stereocenters. The molecular weight excluding hydrogens is 324 g/mol. The molecule has 25 heavy (non-hydrogen) atoms. The second-order valence-electron chi connectivity index (χ2n) is 5.53. The lowest BCUT2D eigenvalue weighted by molar-refractivity contribution is 0.0594. The molecule has 9 heteroatoms. The highest BCUT2D eigenvalue weighted by Gasteiger charge is 2.22. The molecule has 0 aliphatic heterocycles. The van der Waals surface area contributed by atoms with Gasteiger partial charge in [-0.15, -0.1) is 0 Å². The third-order valence-corrected chi connectivity index (χ3v) is 3.74. The number of aryl methyl sites for hydroxylation is 3. The molecule has 3 rings (SSSR count). The average Bonchev–Trinajstić information content (AvgIpc) is 3.18. The lowest BCUT2D eigenvalue weighted by Gasteiger charge is -2.04. The molecule has 1 amide bonds. The molecule has 9 nitrogen and oxygen atoms in total. The summed E-state index contributed by atoms with van der Waals surface area (Å²) in [6, 6.07) is 1.88. The van der Waals surface area contributed by atoms with Crippen LogP contribution in [0.5, 0.6) is 0 Å². The summed E-state index contributed by atoms with van der Waals surface area (Å²) >= 11 is 0. The molecule has 0 aliphatic carbocycles. The lowest BCUT2D eigenvalue weighted by atomic mass is 10.2. The third-order valence-electron chi connectivity index (χ3n) is 3.74. The van der Waals surface area contributed by atoms with Crippen LogP contribution in [0.4, 0.5) is 5.69 Å². The third kappa shape index (κ3) is 2.95. The minimum Gasteiger partial charge on any atom is -0.464 e. The lowest BCUT2D eigenvalue weighted by Crippen LogP contribution is -2.15. The normalized spacial score (nSPS) is 10.9. The van der Waals surface area contributed by atoms with Gasteiger partial charge in [-0.2, -0.15) is 10.2 Å². The Hall–Kier alpha value is -3.23. The van der Waals surface area contributed by atoms with Crippen LogP contribution < -0.4 is 5.32 Å². The van der Waals surface area contributed by atoms with Gasteiger partial charge in [-0.25, -0.2) is 14.3 Å². The summed E-state index contributed by atoms with van der Waals surface area (Å²) in [5, 5.41) is 11.0. The maximum atomic E-state index is 12.7. The predicted molar refractivity (Wildman–Crippen MR) is 89.7 cm³/mol. The van der Waals surface area contributed by atoms with Gasteiger partial charge in [-0.1, -0.05) is 0 Å². The smallest absolute Gasteiger partial charge is 0.360 e. The Morgan fingerprint density at radius 1 is 1.32 bits per heavy atom. The number of hydrogen-bond acceptors (Lipinski definition) is 6. The summed E-state index contributed by atoms with van der Waals surface area (Å²) in [6.07, 6.45) is 3.03. The first-order chi connectivity index (χ1) is 11.9. The van der Waals surface area contributed by atoms with Crippen molar-refractivity contribution in [2.45, 2.75) is 27.3 Å². The summed E-state index contributed by atoms with van der Waals surface area (Å²) in [5.41, 5.74) is 2.76. The highest BCUT2D eigenvalue weighted by molar-refractivity contribution is 6.10. The van der Waals surface area contributed by atoms with Crippen LogP contribution in [0.1, 0.15) is 39.2 Å². The summed E-state index contributed by atoms with van der Waals surface area (Å²) in [6.45, 7) is 6.16. The van der Waals surface area contributed by atoms with Crippen molar-refractivity contribution in [1.29, 1.82) is 0 Å². The van der Waals surface area contributed by atoms with E-state index >= 15 is 0 Å². The maximum Gasteiger partial charge on any atom is 0.360 e. The van der Waals surface area contributed by atoms with Crippen LogP contribution in [0.3, 0.4) is 0 Å². The van der Waals surface area contributed by atoms with Crippen molar-refractivity contribution in [2.75, 3.05) is 12.4 Å². The number of fused-ring (bicyclic) bond motifs is 1. The molecule has 1 N–H and O–H groups in total. The van der Waals surface area contributed by atoms with Crippen LogP contribution in [0.25, 0.3) is 5.65 Å². The summed E-state index contributed by atoms with van der Waals surface area (Å²) < 4.78 is 7.86. The van der Waals surface area contributed by atoms with Gasteiger partial charge in [-0.05, 0) is 26.8 Å². The fourth-order valence-electron chi connectivity index (χ4n) is 2.54. The van der Waals surface area contributed by atoms with Crippen molar-refractivity contribution in [3.05, 3.63) is 41.1 Å². The molecule has 0 saturated heterocycles. The number of carbonyl (C=O) groups excluding carboxylic acids is 2. The monoisotopic (exact) mass is 342 g/mol. The second-order valence-corrected chi connectivity index (χ2v) is 5.53. The van der Waals surface area contributed by atoms with E-state index in [0.29, 0.717) is 17.8 Å². The van der Waals surface area contributed by atoms with E-state index < -0.39 is 11.9 Å². The number of carbonyl (C=O) groups is 2. The molecule has 3 aromatic heterocycles. The predicted octanol–water partition coefficient (Wildman–Crippen LogP) is 1.60. The highest BCUT2D eigenvalue weighted by Crippen LogP contribution is 2.18. The van der Waals surface area contributed by atoms with Gasteiger partial charge in [0.25, 0.3) is 5.91 Å². The number of ether oxygens (including phenoxy) is 1. The van der Waals surface area contributed by atoms with Crippen molar-refractivity contribution < 1.29 is 14.3 Å². The number of aromatic nitrogens is 5. The molecule has 0 saturated carbocycles. The van der Waals surface area contributed by atoms with Gasteiger partial charge in [0, 0.05) is 24.1 Å². The molecule has 0 aliphatic rings. The van der Waals surface area contributed by atoms with E-state index in [1.807, 2.05) is 26.8 Å². The van der Waals surface area contributed by atoms with Crippen LogP contribution in [0.15, 0.2) is 18.5 Å². The van der Waals surface area contributed by atoms with Crippen molar-refractivity contribution in [3.63, 3.8) is 0 Å². The first kappa shape index (κ1) is 16.6. The van der Waals surface area contributed by atoms with Crippen molar-refractivity contribution >= 4 is 23.2 Å². The molecule has 130 valence electrons. The minimum absolute atomic E-state index is 0.0505.